The second kappa shape index (κ2) is 8.10. The molecule has 144 valence electrons. The van der Waals surface area contributed by atoms with Crippen LogP contribution < -0.4 is 15.2 Å². The van der Waals surface area contributed by atoms with Crippen LogP contribution in [0, 0.1) is 21.4 Å². The van der Waals surface area contributed by atoms with Crippen molar-refractivity contribution in [1.29, 1.82) is 5.26 Å². The van der Waals surface area contributed by atoms with Gasteiger partial charge in [0.25, 0.3) is 11.6 Å². The highest BCUT2D eigenvalue weighted by Gasteiger charge is 2.15. The van der Waals surface area contributed by atoms with Gasteiger partial charge in [0.1, 0.15) is 17.4 Å². The van der Waals surface area contributed by atoms with Crippen molar-refractivity contribution in [2.24, 2.45) is 0 Å². The fourth-order valence-electron chi connectivity index (χ4n) is 2.76. The number of hydrogen-bond donors (Lipinski definition) is 1. The Bertz CT molecular complexity index is 1190. The number of nitro benzene ring substituents is 1. The highest BCUT2D eigenvalue weighted by Crippen LogP contribution is 2.35. The topological polar surface area (TPSA) is 128 Å². The third-order valence-electron chi connectivity index (χ3n) is 4.16. The lowest BCUT2D eigenvalue weighted by atomic mass is 10.1. The molecule has 0 saturated heterocycles. The highest BCUT2D eigenvalue weighted by atomic mass is 16.6. The number of carbonyl (C=O) groups is 1. The van der Waals surface area contributed by atoms with Gasteiger partial charge >= 0.3 is 0 Å². The minimum Gasteiger partial charge on any atom is -0.865 e. The normalized spacial score (nSPS) is 11.0. The summed E-state index contributed by atoms with van der Waals surface area (Å²) in [6.07, 6.45) is 1.16. The average Bonchev–Trinajstić information content (AvgIpc) is 2.72. The molecule has 0 unspecified atom stereocenters. The SMILES string of the molecule is COc1cc(/C=C(/C#N)C(=O)Nc2ccc3ccccc3c2)cc([N+](=O)[O-])c1[O-]. The van der Waals surface area contributed by atoms with E-state index in [9.17, 15) is 25.3 Å². The molecule has 0 aliphatic carbocycles. The van der Waals surface area contributed by atoms with Crippen molar-refractivity contribution >= 4 is 34.1 Å². The lowest BCUT2D eigenvalue weighted by Gasteiger charge is -2.13. The first-order chi connectivity index (χ1) is 13.9. The Morgan fingerprint density at radius 3 is 2.55 bits per heavy atom. The predicted octanol–water partition coefficient (Wildman–Crippen LogP) is 3.38. The molecule has 3 aromatic carbocycles. The summed E-state index contributed by atoms with van der Waals surface area (Å²) >= 11 is 0. The van der Waals surface area contributed by atoms with E-state index in [1.54, 1.807) is 18.2 Å². The van der Waals surface area contributed by atoms with E-state index in [1.165, 1.54) is 13.2 Å². The molecule has 1 amide bonds. The Morgan fingerprint density at radius 1 is 1.17 bits per heavy atom. The lowest BCUT2D eigenvalue weighted by molar-refractivity contribution is -0.398. The number of nitrogens with one attached hydrogen (secondary N) is 1. The molecule has 29 heavy (non-hydrogen) atoms. The number of fused-ring (bicyclic) bond motifs is 1. The van der Waals surface area contributed by atoms with Gasteiger partial charge in [-0.05, 0) is 40.6 Å². The summed E-state index contributed by atoms with van der Waals surface area (Å²) in [5.74, 6) is -1.82. The number of ether oxygens (including phenoxy) is 1. The molecule has 0 radical (unpaired) electrons. The summed E-state index contributed by atoms with van der Waals surface area (Å²) in [5.41, 5.74) is -0.373. The van der Waals surface area contributed by atoms with Gasteiger partial charge in [0.05, 0.1) is 12.0 Å². The van der Waals surface area contributed by atoms with Crippen molar-refractivity contribution in [1.82, 2.24) is 0 Å². The van der Waals surface area contributed by atoms with E-state index in [2.05, 4.69) is 5.32 Å². The van der Waals surface area contributed by atoms with Crippen LogP contribution in [0.2, 0.25) is 0 Å². The molecule has 3 aromatic rings. The van der Waals surface area contributed by atoms with Crippen LogP contribution in [-0.4, -0.2) is 17.9 Å². The number of amides is 1. The number of hydrogen-bond acceptors (Lipinski definition) is 6. The van der Waals surface area contributed by atoms with Crippen LogP contribution in [-0.2, 0) is 4.79 Å². The molecule has 0 aromatic heterocycles. The van der Waals surface area contributed by atoms with Crippen LogP contribution in [0.5, 0.6) is 11.5 Å². The van der Waals surface area contributed by atoms with Crippen LogP contribution >= 0.6 is 0 Å². The second-order valence-electron chi connectivity index (χ2n) is 6.01. The maximum Gasteiger partial charge on any atom is 0.266 e. The van der Waals surface area contributed by atoms with E-state index in [4.69, 9.17) is 4.74 Å². The van der Waals surface area contributed by atoms with Crippen LogP contribution in [0.3, 0.4) is 0 Å². The standard InChI is InChI=1S/C21H15N3O5/c1-29-19-10-13(9-18(20(19)25)24(27)28)8-16(12-22)21(26)23-17-7-6-14-4-2-3-5-15(14)11-17/h2-11,25H,1H3,(H,23,26)/p-1/b16-8-. The average molecular weight is 388 g/mol. The van der Waals surface area contributed by atoms with Gasteiger partial charge in [0.2, 0.25) is 0 Å². The van der Waals surface area contributed by atoms with Crippen molar-refractivity contribution in [3.8, 4) is 17.6 Å². The van der Waals surface area contributed by atoms with Crippen molar-refractivity contribution in [2.45, 2.75) is 0 Å². The number of nitro groups is 1. The van der Waals surface area contributed by atoms with E-state index in [0.717, 1.165) is 22.9 Å². The molecule has 0 saturated carbocycles. The van der Waals surface area contributed by atoms with Gasteiger partial charge < -0.3 is 15.2 Å². The summed E-state index contributed by atoms with van der Waals surface area (Å²) in [6, 6.07) is 16.9. The van der Waals surface area contributed by atoms with Gasteiger partial charge in [-0.15, -0.1) is 0 Å². The molecule has 8 heteroatoms. The Kier molecular flexibility index (Phi) is 5.42. The fourth-order valence-corrected chi connectivity index (χ4v) is 2.76. The first kappa shape index (κ1) is 19.4. The van der Waals surface area contributed by atoms with Gasteiger partial charge in [-0.3, -0.25) is 14.9 Å². The van der Waals surface area contributed by atoms with Crippen molar-refractivity contribution in [2.75, 3.05) is 12.4 Å². The third-order valence-corrected chi connectivity index (χ3v) is 4.16. The van der Waals surface area contributed by atoms with Gasteiger partial charge in [-0.25, -0.2) is 0 Å². The van der Waals surface area contributed by atoms with Crippen molar-refractivity contribution in [3.05, 3.63) is 75.8 Å². The van der Waals surface area contributed by atoms with Crippen molar-refractivity contribution < 1.29 is 19.6 Å². The lowest BCUT2D eigenvalue weighted by Crippen LogP contribution is -2.13. The molecule has 3 rings (SSSR count). The summed E-state index contributed by atoms with van der Waals surface area (Å²) in [7, 11) is 1.20. The summed E-state index contributed by atoms with van der Waals surface area (Å²) in [5, 5.41) is 36.9. The van der Waals surface area contributed by atoms with Crippen LogP contribution in [0.4, 0.5) is 11.4 Å². The van der Waals surface area contributed by atoms with Gasteiger partial charge in [-0.1, -0.05) is 30.3 Å². The number of benzene rings is 3. The molecule has 0 fully saturated rings. The van der Waals surface area contributed by atoms with E-state index < -0.39 is 22.3 Å². The molecule has 8 nitrogen and oxygen atoms in total. The zero-order valence-corrected chi connectivity index (χ0v) is 15.2. The molecular weight excluding hydrogens is 374 g/mol. The van der Waals surface area contributed by atoms with Crippen LogP contribution in [0.1, 0.15) is 5.56 Å². The number of rotatable bonds is 5. The smallest absolute Gasteiger partial charge is 0.266 e. The quantitative estimate of drug-likeness (QED) is 0.309. The summed E-state index contributed by atoms with van der Waals surface area (Å²) in [6.45, 7) is 0. The van der Waals surface area contributed by atoms with Crippen LogP contribution in [0.15, 0.2) is 60.2 Å². The Labute approximate surface area is 165 Å². The van der Waals surface area contributed by atoms with Crippen LogP contribution in [0.25, 0.3) is 16.8 Å². The number of anilines is 1. The molecular formula is C21H14N3O5-. The molecule has 0 aliphatic rings. The zero-order valence-electron chi connectivity index (χ0n) is 15.2. The molecule has 0 atom stereocenters. The van der Waals surface area contributed by atoms with E-state index in [-0.39, 0.29) is 16.9 Å². The molecule has 0 aliphatic heterocycles. The Morgan fingerprint density at radius 2 is 1.90 bits per heavy atom. The van der Waals surface area contributed by atoms with Crippen molar-refractivity contribution in [3.63, 3.8) is 0 Å². The number of nitrogens with zero attached hydrogens (tertiary/aromatic N) is 2. The van der Waals surface area contributed by atoms with Gasteiger partial charge in [0, 0.05) is 17.5 Å². The molecule has 1 N–H and O–H groups in total. The summed E-state index contributed by atoms with van der Waals surface area (Å²) in [4.78, 5) is 22.7. The number of methoxy groups -OCH3 is 1. The molecule has 0 heterocycles. The minimum atomic E-state index is -0.881. The third kappa shape index (κ3) is 4.14. The monoisotopic (exact) mass is 388 g/mol. The molecule has 0 bridgehead atoms. The maximum atomic E-state index is 12.5. The Hall–Kier alpha value is -4.38. The molecule has 0 spiro atoms. The van der Waals surface area contributed by atoms with E-state index in [1.807, 2.05) is 30.3 Å². The maximum absolute atomic E-state index is 12.5. The van der Waals surface area contributed by atoms with E-state index in [0.29, 0.717) is 5.69 Å². The first-order valence-corrected chi connectivity index (χ1v) is 8.38. The zero-order chi connectivity index (χ0) is 21.0. The second-order valence-corrected chi connectivity index (χ2v) is 6.01. The number of carbonyl (C=O) groups excluding carboxylic acids is 1. The van der Waals surface area contributed by atoms with E-state index >= 15 is 0 Å². The summed E-state index contributed by atoms with van der Waals surface area (Å²) < 4.78 is 4.86. The predicted molar refractivity (Wildman–Crippen MR) is 105 cm³/mol. The Balaban J connectivity index is 1.92. The van der Waals surface area contributed by atoms with Gasteiger partial charge in [0.15, 0.2) is 0 Å². The highest BCUT2D eigenvalue weighted by molar-refractivity contribution is 6.10. The minimum absolute atomic E-state index is 0.123. The largest absolute Gasteiger partial charge is 0.865 e. The fraction of sp³-hybridized carbons (Fsp3) is 0.0476. The number of nitriles is 1. The van der Waals surface area contributed by atoms with Gasteiger partial charge in [-0.2, -0.15) is 5.26 Å². The first-order valence-electron chi connectivity index (χ1n) is 8.38.